The largest absolute Gasteiger partial charge is 0.377 e. The van der Waals surface area contributed by atoms with Gasteiger partial charge >= 0.3 is 0 Å². The average Bonchev–Trinajstić information content (AvgIpc) is 2.32. The highest BCUT2D eigenvalue weighted by molar-refractivity contribution is 9.10. The lowest BCUT2D eigenvalue weighted by Crippen LogP contribution is -2.06. The maximum Gasteiger partial charge on any atom is 0.0648 e. The van der Waals surface area contributed by atoms with Crippen molar-refractivity contribution in [3.63, 3.8) is 0 Å². The van der Waals surface area contributed by atoms with Gasteiger partial charge in [-0.1, -0.05) is 51.3 Å². The Hall–Kier alpha value is -0.700. The molecule has 2 rings (SSSR count). The topological polar surface area (TPSA) is 12.0 Å². The first-order valence-electron chi connectivity index (χ1n) is 5.53. The lowest BCUT2D eigenvalue weighted by molar-refractivity contribution is 0.885. The van der Waals surface area contributed by atoms with Crippen LogP contribution < -0.4 is 5.32 Å². The second kappa shape index (κ2) is 5.96. The van der Waals surface area contributed by atoms with E-state index >= 15 is 0 Å². The van der Waals surface area contributed by atoms with Gasteiger partial charge in [-0.3, -0.25) is 0 Å². The molecule has 18 heavy (non-hydrogen) atoms. The Balaban J connectivity index is 2.18. The molecule has 1 atom stereocenters. The fourth-order valence-electron chi connectivity index (χ4n) is 1.70. The molecule has 0 aliphatic rings. The lowest BCUT2D eigenvalue weighted by atomic mass is 10.1. The summed E-state index contributed by atoms with van der Waals surface area (Å²) >= 11 is 15.5. The van der Waals surface area contributed by atoms with E-state index in [1.54, 1.807) is 0 Å². The minimum Gasteiger partial charge on any atom is -0.377 e. The first kappa shape index (κ1) is 13.7. The minimum atomic E-state index is 0.141. The molecule has 0 amide bonds. The van der Waals surface area contributed by atoms with E-state index in [4.69, 9.17) is 23.2 Å². The summed E-state index contributed by atoms with van der Waals surface area (Å²) < 4.78 is 0.966. The highest BCUT2D eigenvalue weighted by atomic mass is 79.9. The van der Waals surface area contributed by atoms with Crippen LogP contribution in [0.2, 0.25) is 10.0 Å². The molecule has 0 saturated carbocycles. The maximum atomic E-state index is 6.17. The quantitative estimate of drug-likeness (QED) is 0.727. The fourth-order valence-corrected chi connectivity index (χ4v) is 2.63. The third-order valence-corrected chi connectivity index (χ3v) is 3.69. The van der Waals surface area contributed by atoms with Gasteiger partial charge in [0.1, 0.15) is 0 Å². The predicted octanol–water partition coefficient (Wildman–Crippen LogP) is 5.93. The summed E-state index contributed by atoms with van der Waals surface area (Å²) in [5.74, 6) is 0. The molecule has 0 aliphatic heterocycles. The summed E-state index contributed by atoms with van der Waals surface area (Å²) in [6, 6.07) is 13.7. The van der Waals surface area contributed by atoms with Gasteiger partial charge in [0.05, 0.1) is 10.7 Å². The smallest absolute Gasteiger partial charge is 0.0648 e. The van der Waals surface area contributed by atoms with Gasteiger partial charge in [-0.05, 0) is 42.8 Å². The van der Waals surface area contributed by atoms with Gasteiger partial charge in [0.2, 0.25) is 0 Å². The van der Waals surface area contributed by atoms with Crippen molar-refractivity contribution < 1.29 is 0 Å². The van der Waals surface area contributed by atoms with Crippen molar-refractivity contribution in [1.29, 1.82) is 0 Å². The molecule has 0 aliphatic carbocycles. The van der Waals surface area contributed by atoms with Crippen LogP contribution in [0.4, 0.5) is 5.69 Å². The van der Waals surface area contributed by atoms with Gasteiger partial charge in [0.25, 0.3) is 0 Å². The monoisotopic (exact) mass is 343 g/mol. The number of halogens is 3. The number of anilines is 1. The van der Waals surface area contributed by atoms with Crippen molar-refractivity contribution >= 4 is 44.8 Å². The molecule has 4 heteroatoms. The first-order valence-corrected chi connectivity index (χ1v) is 7.08. The van der Waals surface area contributed by atoms with Crippen LogP contribution >= 0.6 is 39.1 Å². The summed E-state index contributed by atoms with van der Waals surface area (Å²) in [6.07, 6.45) is 0. The summed E-state index contributed by atoms with van der Waals surface area (Å²) in [6.45, 7) is 2.07. The van der Waals surface area contributed by atoms with Crippen LogP contribution in [0.1, 0.15) is 18.5 Å². The zero-order valence-corrected chi connectivity index (χ0v) is 12.9. The van der Waals surface area contributed by atoms with Crippen LogP contribution in [0.15, 0.2) is 46.9 Å². The molecule has 0 heterocycles. The van der Waals surface area contributed by atoms with Crippen LogP contribution in [0, 0.1) is 0 Å². The molecule has 1 unspecified atom stereocenters. The van der Waals surface area contributed by atoms with E-state index in [-0.39, 0.29) is 6.04 Å². The Bertz CT molecular complexity index is 557. The Morgan fingerprint density at radius 2 is 1.89 bits per heavy atom. The molecule has 1 N–H and O–H groups in total. The molecular formula is C14H12BrCl2N. The van der Waals surface area contributed by atoms with Crippen molar-refractivity contribution in [3.05, 3.63) is 62.5 Å². The van der Waals surface area contributed by atoms with Gasteiger partial charge in [0, 0.05) is 15.5 Å². The van der Waals surface area contributed by atoms with Gasteiger partial charge in [-0.2, -0.15) is 0 Å². The van der Waals surface area contributed by atoms with Crippen molar-refractivity contribution in [3.8, 4) is 0 Å². The second-order valence-electron chi connectivity index (χ2n) is 4.05. The average molecular weight is 345 g/mol. The molecule has 1 nitrogen and oxygen atoms in total. The number of benzene rings is 2. The highest BCUT2D eigenvalue weighted by Crippen LogP contribution is 2.29. The molecule has 2 aromatic rings. The summed E-state index contributed by atoms with van der Waals surface area (Å²) in [5.41, 5.74) is 2.04. The van der Waals surface area contributed by atoms with Crippen LogP contribution in [-0.2, 0) is 0 Å². The number of nitrogens with one attached hydrogen (secondary N) is 1. The molecule has 94 valence electrons. The normalized spacial score (nSPS) is 12.2. The summed E-state index contributed by atoms with van der Waals surface area (Å²) in [5, 5.41) is 4.80. The Morgan fingerprint density at radius 1 is 1.11 bits per heavy atom. The maximum absolute atomic E-state index is 6.17. The molecule has 0 spiro atoms. The van der Waals surface area contributed by atoms with E-state index < -0.39 is 0 Å². The number of hydrogen-bond acceptors (Lipinski definition) is 1. The number of hydrogen-bond donors (Lipinski definition) is 1. The van der Waals surface area contributed by atoms with Crippen LogP contribution in [0.25, 0.3) is 0 Å². The Labute approximate surface area is 125 Å². The third-order valence-electron chi connectivity index (χ3n) is 2.65. The second-order valence-corrected chi connectivity index (χ2v) is 5.80. The molecular weight excluding hydrogens is 333 g/mol. The van der Waals surface area contributed by atoms with Crippen LogP contribution in [-0.4, -0.2) is 0 Å². The third kappa shape index (κ3) is 3.41. The van der Waals surface area contributed by atoms with Crippen molar-refractivity contribution in [2.45, 2.75) is 13.0 Å². The SMILES string of the molecule is CC(Nc1ccc(Br)cc1Cl)c1cccc(Cl)c1. The van der Waals surface area contributed by atoms with Gasteiger partial charge in [0.15, 0.2) is 0 Å². The van der Waals surface area contributed by atoms with Gasteiger partial charge in [-0.25, -0.2) is 0 Å². The molecule has 0 aromatic heterocycles. The number of rotatable bonds is 3. The fraction of sp³-hybridized carbons (Fsp3) is 0.143. The van der Waals surface area contributed by atoms with Crippen molar-refractivity contribution in [2.24, 2.45) is 0 Å². The zero-order chi connectivity index (χ0) is 13.1. The molecule has 0 fully saturated rings. The summed E-state index contributed by atoms with van der Waals surface area (Å²) in [4.78, 5) is 0. The molecule has 2 aromatic carbocycles. The zero-order valence-electron chi connectivity index (χ0n) is 9.75. The van der Waals surface area contributed by atoms with Crippen LogP contribution in [0.5, 0.6) is 0 Å². The lowest BCUT2D eigenvalue weighted by Gasteiger charge is -2.17. The van der Waals surface area contributed by atoms with E-state index in [2.05, 4.69) is 28.2 Å². The van der Waals surface area contributed by atoms with Gasteiger partial charge < -0.3 is 5.32 Å². The Kier molecular flexibility index (Phi) is 4.55. The standard InChI is InChI=1S/C14H12BrCl2N/c1-9(10-3-2-4-12(16)7-10)18-14-6-5-11(15)8-13(14)17/h2-9,18H,1H3. The van der Waals surface area contributed by atoms with E-state index in [0.29, 0.717) is 5.02 Å². The minimum absolute atomic E-state index is 0.141. The highest BCUT2D eigenvalue weighted by Gasteiger charge is 2.08. The van der Waals surface area contributed by atoms with Gasteiger partial charge in [-0.15, -0.1) is 0 Å². The summed E-state index contributed by atoms with van der Waals surface area (Å²) in [7, 11) is 0. The van der Waals surface area contributed by atoms with E-state index in [1.165, 1.54) is 0 Å². The molecule has 0 saturated heterocycles. The molecule has 0 bridgehead atoms. The van der Waals surface area contributed by atoms with E-state index in [9.17, 15) is 0 Å². The van der Waals surface area contributed by atoms with Crippen molar-refractivity contribution in [1.82, 2.24) is 0 Å². The van der Waals surface area contributed by atoms with E-state index in [1.807, 2.05) is 42.5 Å². The van der Waals surface area contributed by atoms with Crippen molar-refractivity contribution in [2.75, 3.05) is 5.32 Å². The Morgan fingerprint density at radius 3 is 2.56 bits per heavy atom. The first-order chi connectivity index (χ1) is 8.56. The van der Waals surface area contributed by atoms with E-state index in [0.717, 1.165) is 20.7 Å². The predicted molar refractivity (Wildman–Crippen MR) is 82.6 cm³/mol. The van der Waals surface area contributed by atoms with Crippen LogP contribution in [0.3, 0.4) is 0 Å². The molecule has 0 radical (unpaired) electrons.